The average molecular weight is 308 g/mol. The summed E-state index contributed by atoms with van der Waals surface area (Å²) in [7, 11) is -2.06. The minimum atomic E-state index is -3.72. The summed E-state index contributed by atoms with van der Waals surface area (Å²) in [5.74, 6) is 0.0126. The van der Waals surface area contributed by atoms with E-state index in [1.54, 1.807) is 20.9 Å². The number of aromatic nitrogens is 2. The second-order valence-electron chi connectivity index (χ2n) is 5.18. The van der Waals surface area contributed by atoms with Crippen LogP contribution in [0.3, 0.4) is 0 Å². The molecule has 0 fully saturated rings. The Labute approximate surface area is 125 Å². The Kier molecular flexibility index (Phi) is 4.06. The highest BCUT2D eigenvalue weighted by Crippen LogP contribution is 2.23. The van der Waals surface area contributed by atoms with Gasteiger partial charge >= 0.3 is 0 Å². The minimum absolute atomic E-state index is 0.0126. The van der Waals surface area contributed by atoms with Gasteiger partial charge in [0.15, 0.2) is 5.82 Å². The van der Waals surface area contributed by atoms with Gasteiger partial charge in [-0.05, 0) is 26.3 Å². The lowest BCUT2D eigenvalue weighted by atomic mass is 10.1. The SMILES string of the molecule is Cc1ccc(C(C)NS(=O)(=O)c2c(N)nn(C)c2C)cc1. The van der Waals surface area contributed by atoms with E-state index in [9.17, 15) is 8.42 Å². The molecule has 0 saturated carbocycles. The first kappa shape index (κ1) is 15.5. The van der Waals surface area contributed by atoms with Crippen molar-refractivity contribution >= 4 is 15.8 Å². The number of hydrogen-bond donors (Lipinski definition) is 2. The van der Waals surface area contributed by atoms with Gasteiger partial charge < -0.3 is 5.73 Å². The first-order valence-corrected chi connectivity index (χ1v) is 8.08. The molecule has 1 atom stereocenters. The molecule has 1 heterocycles. The summed E-state index contributed by atoms with van der Waals surface area (Å²) in [4.78, 5) is 0.0453. The molecule has 2 aromatic rings. The van der Waals surface area contributed by atoms with E-state index in [2.05, 4.69) is 9.82 Å². The number of nitrogens with zero attached hydrogens (tertiary/aromatic N) is 2. The van der Waals surface area contributed by atoms with E-state index in [0.29, 0.717) is 5.69 Å². The molecule has 0 saturated heterocycles. The Bertz CT molecular complexity index is 748. The van der Waals surface area contributed by atoms with Crippen molar-refractivity contribution in [2.45, 2.75) is 31.7 Å². The Morgan fingerprint density at radius 1 is 1.24 bits per heavy atom. The minimum Gasteiger partial charge on any atom is -0.381 e. The monoisotopic (exact) mass is 308 g/mol. The summed E-state index contributed by atoms with van der Waals surface area (Å²) >= 11 is 0. The summed E-state index contributed by atoms with van der Waals surface area (Å²) in [5, 5.41) is 3.94. The number of sulfonamides is 1. The van der Waals surface area contributed by atoms with E-state index in [1.807, 2.05) is 31.2 Å². The molecule has 2 rings (SSSR count). The Morgan fingerprint density at radius 3 is 2.29 bits per heavy atom. The first-order valence-electron chi connectivity index (χ1n) is 6.60. The molecule has 0 aliphatic rings. The number of nitrogens with two attached hydrogens (primary N) is 1. The van der Waals surface area contributed by atoms with Crippen LogP contribution in [0.15, 0.2) is 29.2 Å². The Balaban J connectivity index is 2.31. The van der Waals surface area contributed by atoms with Crippen LogP contribution in [-0.4, -0.2) is 18.2 Å². The summed E-state index contributed by atoms with van der Waals surface area (Å²) in [6.07, 6.45) is 0. The second kappa shape index (κ2) is 5.50. The van der Waals surface area contributed by atoms with E-state index in [4.69, 9.17) is 5.73 Å². The predicted molar refractivity (Wildman–Crippen MR) is 82.3 cm³/mol. The first-order chi connectivity index (χ1) is 9.72. The van der Waals surface area contributed by atoms with Gasteiger partial charge in [-0.3, -0.25) is 4.68 Å². The zero-order valence-electron chi connectivity index (χ0n) is 12.6. The molecule has 0 aliphatic heterocycles. The smallest absolute Gasteiger partial charge is 0.246 e. The molecule has 21 heavy (non-hydrogen) atoms. The average Bonchev–Trinajstić information content (AvgIpc) is 2.63. The summed E-state index contributed by atoms with van der Waals surface area (Å²) in [5.41, 5.74) is 8.24. The van der Waals surface area contributed by atoms with Crippen LogP contribution in [0.5, 0.6) is 0 Å². The summed E-state index contributed by atoms with van der Waals surface area (Å²) < 4.78 is 29.1. The van der Waals surface area contributed by atoms with Gasteiger partial charge in [-0.2, -0.15) is 5.10 Å². The molecule has 1 unspecified atom stereocenters. The third kappa shape index (κ3) is 3.08. The van der Waals surface area contributed by atoms with Crippen LogP contribution in [0.25, 0.3) is 0 Å². The molecule has 114 valence electrons. The number of benzene rings is 1. The lowest BCUT2D eigenvalue weighted by Gasteiger charge is -2.15. The molecule has 0 amide bonds. The summed E-state index contributed by atoms with van der Waals surface area (Å²) in [6.45, 7) is 5.46. The predicted octanol–water partition coefficient (Wildman–Crippen LogP) is 1.66. The number of aryl methyl sites for hydroxylation is 2. The normalized spacial score (nSPS) is 13.3. The zero-order chi connectivity index (χ0) is 15.8. The van der Waals surface area contributed by atoms with Gasteiger partial charge in [0, 0.05) is 13.1 Å². The Hall–Kier alpha value is -1.86. The fourth-order valence-electron chi connectivity index (χ4n) is 2.16. The zero-order valence-corrected chi connectivity index (χ0v) is 13.4. The molecule has 6 nitrogen and oxygen atoms in total. The van der Waals surface area contributed by atoms with Crippen LogP contribution in [0, 0.1) is 13.8 Å². The topological polar surface area (TPSA) is 90.0 Å². The van der Waals surface area contributed by atoms with Gasteiger partial charge in [0.2, 0.25) is 10.0 Å². The van der Waals surface area contributed by atoms with Crippen molar-refractivity contribution in [1.82, 2.24) is 14.5 Å². The molecular weight excluding hydrogens is 288 g/mol. The van der Waals surface area contributed by atoms with Crippen molar-refractivity contribution in [3.8, 4) is 0 Å². The van der Waals surface area contributed by atoms with E-state index < -0.39 is 10.0 Å². The van der Waals surface area contributed by atoms with Crippen molar-refractivity contribution in [1.29, 1.82) is 0 Å². The molecule has 0 radical (unpaired) electrons. The van der Waals surface area contributed by atoms with Crippen LogP contribution in [-0.2, 0) is 17.1 Å². The molecule has 3 N–H and O–H groups in total. The van der Waals surface area contributed by atoms with Gasteiger partial charge in [-0.1, -0.05) is 29.8 Å². The maximum absolute atomic E-state index is 12.5. The third-order valence-electron chi connectivity index (χ3n) is 3.48. The molecule has 0 bridgehead atoms. The van der Waals surface area contributed by atoms with E-state index >= 15 is 0 Å². The molecule has 0 aliphatic carbocycles. The lowest BCUT2D eigenvalue weighted by Crippen LogP contribution is -2.27. The molecule has 0 spiro atoms. The van der Waals surface area contributed by atoms with Crippen LogP contribution < -0.4 is 10.5 Å². The van der Waals surface area contributed by atoms with Crippen molar-refractivity contribution in [2.24, 2.45) is 7.05 Å². The number of rotatable bonds is 4. The fourth-order valence-corrected chi connectivity index (χ4v) is 3.72. The van der Waals surface area contributed by atoms with Crippen LogP contribution in [0.4, 0.5) is 5.82 Å². The van der Waals surface area contributed by atoms with Gasteiger partial charge in [0.1, 0.15) is 4.90 Å². The van der Waals surface area contributed by atoms with Crippen molar-refractivity contribution in [3.63, 3.8) is 0 Å². The molecule has 1 aromatic carbocycles. The van der Waals surface area contributed by atoms with Crippen molar-refractivity contribution in [3.05, 3.63) is 41.1 Å². The van der Waals surface area contributed by atoms with Gasteiger partial charge in [-0.15, -0.1) is 0 Å². The number of hydrogen-bond acceptors (Lipinski definition) is 4. The maximum atomic E-state index is 12.5. The van der Waals surface area contributed by atoms with E-state index in [1.165, 1.54) is 4.68 Å². The number of anilines is 1. The number of nitrogens with one attached hydrogen (secondary N) is 1. The molecule has 7 heteroatoms. The van der Waals surface area contributed by atoms with E-state index in [0.717, 1.165) is 11.1 Å². The lowest BCUT2D eigenvalue weighted by molar-refractivity contribution is 0.566. The highest BCUT2D eigenvalue weighted by atomic mass is 32.2. The number of nitrogen functional groups attached to an aromatic ring is 1. The van der Waals surface area contributed by atoms with Crippen LogP contribution in [0.2, 0.25) is 0 Å². The fraction of sp³-hybridized carbons (Fsp3) is 0.357. The van der Waals surface area contributed by atoms with Crippen molar-refractivity contribution < 1.29 is 8.42 Å². The highest BCUT2D eigenvalue weighted by Gasteiger charge is 2.26. The summed E-state index contributed by atoms with van der Waals surface area (Å²) in [6, 6.07) is 7.35. The standard InChI is InChI=1S/C14H20N4O2S/c1-9-5-7-12(8-6-9)10(2)17-21(19,20)13-11(3)18(4)16-14(13)15/h5-8,10,17H,1-4H3,(H2,15,16). The highest BCUT2D eigenvalue weighted by molar-refractivity contribution is 7.89. The van der Waals surface area contributed by atoms with Gasteiger partial charge in [0.25, 0.3) is 0 Å². The van der Waals surface area contributed by atoms with E-state index in [-0.39, 0.29) is 16.8 Å². The molecular formula is C14H20N4O2S. The van der Waals surface area contributed by atoms with Gasteiger partial charge in [0.05, 0.1) is 5.69 Å². The second-order valence-corrected chi connectivity index (χ2v) is 6.83. The Morgan fingerprint density at radius 2 is 1.81 bits per heavy atom. The van der Waals surface area contributed by atoms with Crippen LogP contribution in [0.1, 0.15) is 29.8 Å². The quantitative estimate of drug-likeness (QED) is 0.899. The van der Waals surface area contributed by atoms with Gasteiger partial charge in [-0.25, -0.2) is 13.1 Å². The third-order valence-corrected chi connectivity index (χ3v) is 5.19. The van der Waals surface area contributed by atoms with Crippen LogP contribution >= 0.6 is 0 Å². The maximum Gasteiger partial charge on any atom is 0.246 e. The molecule has 1 aromatic heterocycles. The van der Waals surface area contributed by atoms with Crippen molar-refractivity contribution in [2.75, 3.05) is 5.73 Å². The largest absolute Gasteiger partial charge is 0.381 e.